The molecule has 156 valence electrons. The number of aliphatic hydroxyl groups is 4. The van der Waals surface area contributed by atoms with Gasteiger partial charge in [-0.3, -0.25) is 14.6 Å². The van der Waals surface area contributed by atoms with Crippen LogP contribution in [0.25, 0.3) is 0 Å². The first-order chi connectivity index (χ1) is 12.8. The molecule has 0 radical (unpaired) electrons. The summed E-state index contributed by atoms with van der Waals surface area (Å²) in [7, 11) is 1.81. The van der Waals surface area contributed by atoms with Crippen LogP contribution >= 0.6 is 0 Å². The van der Waals surface area contributed by atoms with Crippen molar-refractivity contribution in [3.05, 3.63) is 0 Å². The monoisotopic (exact) mass is 388 g/mol. The van der Waals surface area contributed by atoms with E-state index in [1.165, 1.54) is 0 Å². The van der Waals surface area contributed by atoms with Gasteiger partial charge in [0.1, 0.15) is 12.2 Å². The van der Waals surface area contributed by atoms with Gasteiger partial charge in [0.15, 0.2) is 0 Å². The van der Waals surface area contributed by atoms with Crippen molar-refractivity contribution in [2.24, 2.45) is 10.9 Å². The van der Waals surface area contributed by atoms with E-state index in [4.69, 9.17) is 5.11 Å². The number of carbonyl (C=O) groups is 2. The molecular weight excluding hydrogens is 356 g/mol. The second-order valence-corrected chi connectivity index (χ2v) is 6.81. The highest BCUT2D eigenvalue weighted by atomic mass is 16.4. The van der Waals surface area contributed by atoms with Crippen LogP contribution in [0.4, 0.5) is 0 Å². The van der Waals surface area contributed by atoms with Crippen molar-refractivity contribution < 1.29 is 30.0 Å². The van der Waals surface area contributed by atoms with E-state index in [2.05, 4.69) is 27.7 Å². The third-order valence-corrected chi connectivity index (χ3v) is 4.85. The van der Waals surface area contributed by atoms with Crippen LogP contribution in [0.1, 0.15) is 25.7 Å². The summed E-state index contributed by atoms with van der Waals surface area (Å²) in [5.41, 5.74) is 0. The van der Waals surface area contributed by atoms with Gasteiger partial charge in [0.05, 0.1) is 24.7 Å². The van der Waals surface area contributed by atoms with E-state index in [1.54, 1.807) is 0 Å². The van der Waals surface area contributed by atoms with Gasteiger partial charge in [-0.15, -0.1) is 0 Å². The highest BCUT2D eigenvalue weighted by molar-refractivity contribution is 5.80. The molecule has 0 aliphatic heterocycles. The van der Waals surface area contributed by atoms with Crippen LogP contribution in [0.5, 0.6) is 0 Å². The Bertz CT molecular complexity index is 492. The lowest BCUT2D eigenvalue weighted by molar-refractivity contribution is -0.132. The van der Waals surface area contributed by atoms with Crippen LogP contribution in [0.2, 0.25) is 0 Å². The molecular formula is C17H32N4O6. The molecule has 0 aromatic rings. The van der Waals surface area contributed by atoms with E-state index in [9.17, 15) is 24.9 Å². The van der Waals surface area contributed by atoms with Crippen LogP contribution in [-0.2, 0) is 9.59 Å². The first kappa shape index (κ1) is 23.4. The fourth-order valence-electron chi connectivity index (χ4n) is 3.14. The van der Waals surface area contributed by atoms with E-state index in [0.29, 0.717) is 19.4 Å². The summed E-state index contributed by atoms with van der Waals surface area (Å²) in [5, 5.41) is 45.5. The predicted molar refractivity (Wildman–Crippen MR) is 99.3 cm³/mol. The van der Waals surface area contributed by atoms with Gasteiger partial charge in [-0.05, 0) is 33.0 Å². The third kappa shape index (κ3) is 7.51. The van der Waals surface area contributed by atoms with Gasteiger partial charge in [0.25, 0.3) is 0 Å². The molecule has 6 atom stereocenters. The summed E-state index contributed by atoms with van der Waals surface area (Å²) in [5.74, 6) is -0.911. The van der Waals surface area contributed by atoms with Crippen molar-refractivity contribution in [1.82, 2.24) is 16.0 Å². The summed E-state index contributed by atoms with van der Waals surface area (Å²) in [6.45, 7) is 3.50. The van der Waals surface area contributed by atoms with Crippen molar-refractivity contribution in [1.29, 1.82) is 0 Å². The summed E-state index contributed by atoms with van der Waals surface area (Å²) >= 11 is 0. The minimum atomic E-state index is -1.49. The van der Waals surface area contributed by atoms with Gasteiger partial charge >= 0.3 is 0 Å². The van der Waals surface area contributed by atoms with Crippen molar-refractivity contribution in [2.75, 3.05) is 26.7 Å². The van der Waals surface area contributed by atoms with Crippen molar-refractivity contribution in [3.63, 3.8) is 0 Å². The van der Waals surface area contributed by atoms with Crippen LogP contribution in [-0.4, -0.2) is 96.1 Å². The molecule has 1 saturated carbocycles. The van der Waals surface area contributed by atoms with Gasteiger partial charge in [0.2, 0.25) is 11.8 Å². The Kier molecular flexibility index (Phi) is 10.4. The third-order valence-electron chi connectivity index (χ3n) is 4.85. The minimum absolute atomic E-state index is 0.0621. The average Bonchev–Trinajstić information content (AvgIpc) is 3.10. The standard InChI is InChI=1S/C17H32N4O6/c1-18-10-6-11(12(7-10)19-2)16(26)20-4-3-5-21-17(27)14(24)8-13(23)15(25)9-22/h10-15,19,22-25H,1,3-9H2,2H3,(H,20,26)(H,21,27). The zero-order chi connectivity index (χ0) is 20.4. The molecule has 10 nitrogen and oxygen atoms in total. The average molecular weight is 388 g/mol. The molecule has 7 N–H and O–H groups in total. The van der Waals surface area contributed by atoms with Crippen LogP contribution in [0, 0.1) is 5.92 Å². The van der Waals surface area contributed by atoms with E-state index in [-0.39, 0.29) is 36.9 Å². The second kappa shape index (κ2) is 12.0. The normalized spacial score (nSPS) is 25.4. The molecule has 0 bridgehead atoms. The molecule has 1 aliphatic rings. The van der Waals surface area contributed by atoms with Gasteiger partial charge in [-0.1, -0.05) is 0 Å². The number of rotatable bonds is 12. The molecule has 27 heavy (non-hydrogen) atoms. The molecule has 0 saturated heterocycles. The van der Waals surface area contributed by atoms with Gasteiger partial charge in [-0.2, -0.15) is 0 Å². The lowest BCUT2D eigenvalue weighted by Crippen LogP contribution is -2.42. The van der Waals surface area contributed by atoms with Crippen LogP contribution in [0.15, 0.2) is 4.99 Å². The number of aliphatic imine (C=N–C) groups is 1. The lowest BCUT2D eigenvalue weighted by Gasteiger charge is -2.19. The Morgan fingerprint density at radius 2 is 1.81 bits per heavy atom. The molecule has 1 rings (SSSR count). The summed E-state index contributed by atoms with van der Waals surface area (Å²) in [6.07, 6.45) is -2.75. The Hall–Kier alpha value is -1.59. The minimum Gasteiger partial charge on any atom is -0.394 e. The second-order valence-electron chi connectivity index (χ2n) is 6.81. The zero-order valence-corrected chi connectivity index (χ0v) is 15.7. The van der Waals surface area contributed by atoms with E-state index >= 15 is 0 Å². The maximum atomic E-state index is 12.3. The molecule has 1 aliphatic carbocycles. The molecule has 0 heterocycles. The summed E-state index contributed by atoms with van der Waals surface area (Å²) < 4.78 is 0. The predicted octanol–water partition coefficient (Wildman–Crippen LogP) is -2.86. The zero-order valence-electron chi connectivity index (χ0n) is 15.7. The quantitative estimate of drug-likeness (QED) is 0.140. The largest absolute Gasteiger partial charge is 0.394 e. The SMILES string of the molecule is C=NC1CC(NC)C(C(=O)NCCCNC(=O)C(O)CC(O)C(O)CO)C1. The Morgan fingerprint density at radius 1 is 1.15 bits per heavy atom. The number of hydrogen-bond donors (Lipinski definition) is 7. The Balaban J connectivity index is 2.23. The molecule has 2 amide bonds. The van der Waals surface area contributed by atoms with E-state index < -0.39 is 30.8 Å². The van der Waals surface area contributed by atoms with Crippen molar-refractivity contribution >= 4 is 18.5 Å². The molecule has 0 spiro atoms. The molecule has 6 unspecified atom stereocenters. The van der Waals surface area contributed by atoms with Gasteiger partial charge in [-0.25, -0.2) is 0 Å². The topological polar surface area (TPSA) is 164 Å². The number of amides is 2. The van der Waals surface area contributed by atoms with Gasteiger partial charge in [0, 0.05) is 25.6 Å². The number of carbonyl (C=O) groups excluding carboxylic acids is 2. The summed E-state index contributed by atoms with van der Waals surface area (Å²) in [4.78, 5) is 28.0. The maximum absolute atomic E-state index is 12.3. The molecule has 10 heteroatoms. The van der Waals surface area contributed by atoms with Crippen molar-refractivity contribution in [3.8, 4) is 0 Å². The smallest absolute Gasteiger partial charge is 0.248 e. The fraction of sp³-hybridized carbons (Fsp3) is 0.824. The van der Waals surface area contributed by atoms with Crippen LogP contribution in [0.3, 0.4) is 0 Å². The van der Waals surface area contributed by atoms with E-state index in [1.807, 2.05) is 7.05 Å². The Labute approximate surface area is 159 Å². The maximum Gasteiger partial charge on any atom is 0.248 e. The lowest BCUT2D eigenvalue weighted by atomic mass is 10.0. The van der Waals surface area contributed by atoms with Gasteiger partial charge < -0.3 is 36.4 Å². The number of nitrogens with one attached hydrogen (secondary N) is 3. The highest BCUT2D eigenvalue weighted by Gasteiger charge is 2.37. The van der Waals surface area contributed by atoms with E-state index in [0.717, 1.165) is 6.42 Å². The first-order valence-corrected chi connectivity index (χ1v) is 9.17. The highest BCUT2D eigenvalue weighted by Crippen LogP contribution is 2.28. The van der Waals surface area contributed by atoms with Crippen molar-refractivity contribution in [2.45, 2.75) is 56.1 Å². The summed E-state index contributed by atoms with van der Waals surface area (Å²) in [6, 6.07) is 0.148. The Morgan fingerprint density at radius 3 is 2.41 bits per heavy atom. The fourth-order valence-corrected chi connectivity index (χ4v) is 3.14. The number of hydrogen-bond acceptors (Lipinski definition) is 8. The molecule has 0 aromatic heterocycles. The molecule has 1 fully saturated rings. The first-order valence-electron chi connectivity index (χ1n) is 9.17. The number of aliphatic hydroxyl groups excluding tert-OH is 4. The number of nitrogens with zero attached hydrogens (tertiary/aromatic N) is 1. The van der Waals surface area contributed by atoms with Crippen LogP contribution < -0.4 is 16.0 Å². The molecule has 0 aromatic carbocycles.